The maximum atomic E-state index is 14.0. The van der Waals surface area contributed by atoms with Crippen molar-refractivity contribution in [1.29, 1.82) is 0 Å². The zero-order valence-corrected chi connectivity index (χ0v) is 20.3. The van der Waals surface area contributed by atoms with E-state index in [1.165, 1.54) is 24.3 Å². The Morgan fingerprint density at radius 2 is 1.31 bits per heavy atom. The quantitative estimate of drug-likeness (QED) is 0.227. The largest absolute Gasteiger partial charge is 0.476 e. The molecule has 0 aromatic heterocycles. The maximum absolute atomic E-state index is 14.0. The van der Waals surface area contributed by atoms with E-state index in [1.807, 2.05) is 67.6 Å². The molecule has 1 heterocycles. The van der Waals surface area contributed by atoms with Crippen molar-refractivity contribution in [1.82, 2.24) is 0 Å². The normalized spacial score (nSPS) is 14.9. The highest BCUT2D eigenvalue weighted by molar-refractivity contribution is 7.95. The van der Waals surface area contributed by atoms with Gasteiger partial charge in [-0.25, -0.2) is 8.42 Å². The predicted octanol–water partition coefficient (Wildman–Crippen LogP) is 6.41. The van der Waals surface area contributed by atoms with Crippen molar-refractivity contribution >= 4 is 21.3 Å². The third-order valence-electron chi connectivity index (χ3n) is 6.42. The molecule has 0 radical (unpaired) electrons. The summed E-state index contributed by atoms with van der Waals surface area (Å²) in [6.07, 6.45) is 0.0730. The van der Waals surface area contributed by atoms with Crippen molar-refractivity contribution < 1.29 is 18.1 Å². The van der Waals surface area contributed by atoms with Crippen LogP contribution in [0.2, 0.25) is 0 Å². The van der Waals surface area contributed by atoms with Crippen LogP contribution in [-0.4, -0.2) is 13.3 Å². The van der Waals surface area contributed by atoms with Gasteiger partial charge in [-0.3, -0.25) is 10.1 Å². The molecular formula is C29H23NO5S. The molecule has 0 unspecified atom stereocenters. The summed E-state index contributed by atoms with van der Waals surface area (Å²) >= 11 is 0. The van der Waals surface area contributed by atoms with Gasteiger partial charge in [-0.2, -0.15) is 0 Å². The van der Waals surface area contributed by atoms with Crippen LogP contribution in [0.1, 0.15) is 28.7 Å². The molecule has 0 N–H and O–H groups in total. The van der Waals surface area contributed by atoms with Crippen LogP contribution >= 0.6 is 0 Å². The van der Waals surface area contributed by atoms with Crippen molar-refractivity contribution in [2.45, 2.75) is 23.8 Å². The third kappa shape index (κ3) is 4.07. The number of hydrogen-bond donors (Lipinski definition) is 0. The van der Waals surface area contributed by atoms with E-state index < -0.39 is 20.4 Å². The zero-order chi connectivity index (χ0) is 25.3. The number of nitro groups is 1. The molecule has 0 spiro atoms. The molecule has 1 aliphatic heterocycles. The summed E-state index contributed by atoms with van der Waals surface area (Å²) in [6, 6.07) is 31.5. The van der Waals surface area contributed by atoms with E-state index >= 15 is 0 Å². The molecule has 0 saturated carbocycles. The van der Waals surface area contributed by atoms with Gasteiger partial charge in [0.05, 0.1) is 14.7 Å². The van der Waals surface area contributed by atoms with Gasteiger partial charge in [0.1, 0.15) is 5.76 Å². The van der Waals surface area contributed by atoms with E-state index in [0.717, 1.165) is 16.7 Å². The number of ether oxygens (including phenoxy) is 1. The molecule has 36 heavy (non-hydrogen) atoms. The molecule has 7 heteroatoms. The van der Waals surface area contributed by atoms with Crippen LogP contribution in [0.5, 0.6) is 0 Å². The van der Waals surface area contributed by atoms with E-state index in [4.69, 9.17) is 4.74 Å². The summed E-state index contributed by atoms with van der Waals surface area (Å²) in [7, 11) is -3.95. The molecule has 0 bridgehead atoms. The first-order valence-electron chi connectivity index (χ1n) is 11.4. The van der Waals surface area contributed by atoms with Crippen LogP contribution in [0.15, 0.2) is 119 Å². The molecule has 0 atom stereocenters. The van der Waals surface area contributed by atoms with E-state index in [2.05, 4.69) is 0 Å². The van der Waals surface area contributed by atoms with Gasteiger partial charge in [0.25, 0.3) is 5.69 Å². The summed E-state index contributed by atoms with van der Waals surface area (Å²) < 4.78 is 34.7. The second-order valence-corrected chi connectivity index (χ2v) is 10.7. The van der Waals surface area contributed by atoms with E-state index in [9.17, 15) is 18.5 Å². The molecule has 4 aromatic carbocycles. The van der Waals surface area contributed by atoms with Crippen LogP contribution < -0.4 is 0 Å². The van der Waals surface area contributed by atoms with Crippen LogP contribution in [-0.2, 0) is 20.2 Å². The summed E-state index contributed by atoms with van der Waals surface area (Å²) in [6.45, 7) is 1.90. The number of rotatable bonds is 6. The summed E-state index contributed by atoms with van der Waals surface area (Å²) in [5, 5.41) is 11.2. The van der Waals surface area contributed by atoms with Gasteiger partial charge in [0, 0.05) is 35.2 Å². The minimum absolute atomic E-state index is 0.0730. The Labute approximate surface area is 209 Å². The second kappa shape index (κ2) is 9.09. The first-order chi connectivity index (χ1) is 17.3. The number of hydrogen-bond acceptors (Lipinski definition) is 5. The Kier molecular flexibility index (Phi) is 5.94. The average Bonchev–Trinajstić information content (AvgIpc) is 3.33. The van der Waals surface area contributed by atoms with Gasteiger partial charge >= 0.3 is 0 Å². The van der Waals surface area contributed by atoms with Gasteiger partial charge < -0.3 is 4.74 Å². The second-order valence-electron chi connectivity index (χ2n) is 8.71. The Balaban J connectivity index is 1.73. The van der Waals surface area contributed by atoms with Crippen LogP contribution in [0.3, 0.4) is 0 Å². The SMILES string of the molecule is Cc1ccc(S(=O)(=O)C2=C(c3ccc([N+](=O)[O-])cc3)OC(c3ccccc3)(c3ccccc3)C2)cc1. The lowest BCUT2D eigenvalue weighted by Crippen LogP contribution is -2.27. The maximum Gasteiger partial charge on any atom is 0.269 e. The van der Waals surface area contributed by atoms with Crippen LogP contribution in [0.4, 0.5) is 5.69 Å². The fourth-order valence-corrected chi connectivity index (χ4v) is 6.08. The summed E-state index contributed by atoms with van der Waals surface area (Å²) in [4.78, 5) is 11.0. The highest BCUT2D eigenvalue weighted by Crippen LogP contribution is 2.52. The van der Waals surface area contributed by atoms with Crippen LogP contribution in [0.25, 0.3) is 5.76 Å². The molecule has 1 aliphatic rings. The summed E-state index contributed by atoms with van der Waals surface area (Å²) in [5.74, 6) is 0.193. The zero-order valence-electron chi connectivity index (χ0n) is 19.5. The highest BCUT2D eigenvalue weighted by atomic mass is 32.2. The molecule has 0 amide bonds. The number of nitro benzene ring substituents is 1. The Bertz CT molecular complexity index is 1500. The average molecular weight is 498 g/mol. The molecule has 180 valence electrons. The van der Waals surface area contributed by atoms with Crippen molar-refractivity contribution in [3.05, 3.63) is 146 Å². The lowest BCUT2D eigenvalue weighted by atomic mass is 9.84. The van der Waals surface area contributed by atoms with E-state index in [1.54, 1.807) is 24.3 Å². The Morgan fingerprint density at radius 3 is 1.81 bits per heavy atom. The molecule has 0 aliphatic carbocycles. The van der Waals surface area contributed by atoms with Gasteiger partial charge in [0.2, 0.25) is 9.84 Å². The fourth-order valence-electron chi connectivity index (χ4n) is 4.51. The molecule has 0 fully saturated rings. The number of benzene rings is 4. The van der Waals surface area contributed by atoms with Gasteiger partial charge in [0.15, 0.2) is 5.60 Å². The van der Waals surface area contributed by atoms with Crippen molar-refractivity contribution in [3.63, 3.8) is 0 Å². The Morgan fingerprint density at radius 1 is 0.778 bits per heavy atom. The smallest absolute Gasteiger partial charge is 0.269 e. The minimum Gasteiger partial charge on any atom is -0.476 e. The molecule has 6 nitrogen and oxygen atoms in total. The van der Waals surface area contributed by atoms with Crippen molar-refractivity contribution in [3.8, 4) is 0 Å². The summed E-state index contributed by atoms with van der Waals surface area (Å²) in [5.41, 5.74) is 1.85. The van der Waals surface area contributed by atoms with Gasteiger partial charge in [-0.1, -0.05) is 78.4 Å². The first-order valence-corrected chi connectivity index (χ1v) is 12.9. The minimum atomic E-state index is -3.95. The molecular weight excluding hydrogens is 474 g/mol. The Hall–Kier alpha value is -4.23. The molecule has 0 saturated heterocycles. The molecule has 4 aromatic rings. The third-order valence-corrected chi connectivity index (χ3v) is 8.29. The molecule has 5 rings (SSSR count). The van der Waals surface area contributed by atoms with E-state index in [0.29, 0.717) is 5.56 Å². The lowest BCUT2D eigenvalue weighted by Gasteiger charge is -2.31. The first kappa shape index (κ1) is 23.5. The predicted molar refractivity (Wildman–Crippen MR) is 138 cm³/mol. The lowest BCUT2D eigenvalue weighted by molar-refractivity contribution is -0.384. The van der Waals surface area contributed by atoms with Gasteiger partial charge in [-0.05, 0) is 31.2 Å². The number of sulfone groups is 1. The van der Waals surface area contributed by atoms with E-state index in [-0.39, 0.29) is 27.7 Å². The number of non-ortho nitro benzene ring substituents is 1. The topological polar surface area (TPSA) is 86.5 Å². The number of nitrogens with zero attached hydrogens (tertiary/aromatic N) is 1. The van der Waals surface area contributed by atoms with Crippen molar-refractivity contribution in [2.24, 2.45) is 0 Å². The van der Waals surface area contributed by atoms with Crippen LogP contribution in [0, 0.1) is 17.0 Å². The number of aryl methyl sites for hydroxylation is 1. The highest BCUT2D eigenvalue weighted by Gasteiger charge is 2.48. The monoisotopic (exact) mass is 497 g/mol. The fraction of sp³-hybridized carbons (Fsp3) is 0.103. The van der Waals surface area contributed by atoms with Crippen molar-refractivity contribution in [2.75, 3.05) is 0 Å². The van der Waals surface area contributed by atoms with Gasteiger partial charge in [-0.15, -0.1) is 0 Å². The standard InChI is InChI=1S/C29H23NO5S/c1-21-12-18-26(19-13-21)36(33,34)27-20-29(23-8-4-2-5-9-23,24-10-6-3-7-11-24)35-28(27)22-14-16-25(17-15-22)30(31)32/h2-19H,20H2,1H3.